The normalized spacial score (nSPS) is 17.9. The van der Waals surface area contributed by atoms with E-state index in [1.54, 1.807) is 11.3 Å². The number of hydrogen-bond donors (Lipinski definition) is 0. The third kappa shape index (κ3) is 3.01. The van der Waals surface area contributed by atoms with Gasteiger partial charge in [-0.2, -0.15) is 0 Å². The first-order valence-electron chi connectivity index (χ1n) is 7.62. The van der Waals surface area contributed by atoms with Gasteiger partial charge < -0.3 is 9.32 Å². The first-order chi connectivity index (χ1) is 11.3. The molecule has 3 aromatic rings. The summed E-state index contributed by atoms with van der Waals surface area (Å²) in [5.74, 6) is 0.530. The maximum Gasteiger partial charge on any atom is 0.257 e. The maximum absolute atomic E-state index is 12.6. The molecule has 0 N–H and O–H groups in total. The number of oxazole rings is 1. The van der Waals surface area contributed by atoms with Crippen LogP contribution in [0.3, 0.4) is 0 Å². The summed E-state index contributed by atoms with van der Waals surface area (Å²) >= 11 is 3.10. The average molecular weight is 344 g/mol. The van der Waals surface area contributed by atoms with Crippen molar-refractivity contribution >= 4 is 40.1 Å². The molecule has 4 nitrogen and oxygen atoms in total. The number of para-hydroxylation sites is 2. The van der Waals surface area contributed by atoms with E-state index in [1.165, 1.54) is 16.6 Å². The molecule has 1 amide bonds. The van der Waals surface area contributed by atoms with Gasteiger partial charge in [0.2, 0.25) is 5.91 Å². The highest BCUT2D eigenvalue weighted by molar-refractivity contribution is 7.99. The predicted octanol–water partition coefficient (Wildman–Crippen LogP) is 4.35. The second-order valence-corrected chi connectivity index (χ2v) is 7.40. The second kappa shape index (κ2) is 6.37. The molecule has 0 aliphatic carbocycles. The Labute approximate surface area is 142 Å². The predicted molar refractivity (Wildman–Crippen MR) is 92.7 cm³/mol. The molecule has 1 aliphatic heterocycles. The molecule has 4 rings (SSSR count). The van der Waals surface area contributed by atoms with Crippen molar-refractivity contribution in [3.05, 3.63) is 46.7 Å². The Hall–Kier alpha value is -1.79. The molecule has 1 atom stereocenters. The van der Waals surface area contributed by atoms with Crippen LogP contribution in [0.15, 0.2) is 51.4 Å². The van der Waals surface area contributed by atoms with Crippen LogP contribution in [0.4, 0.5) is 0 Å². The second-order valence-electron chi connectivity index (χ2n) is 5.50. The van der Waals surface area contributed by atoms with Gasteiger partial charge in [0.1, 0.15) is 5.52 Å². The van der Waals surface area contributed by atoms with Gasteiger partial charge in [-0.05, 0) is 36.4 Å². The Morgan fingerprint density at radius 1 is 1.35 bits per heavy atom. The fourth-order valence-electron chi connectivity index (χ4n) is 2.96. The molecule has 1 aromatic carbocycles. The standard InChI is InChI=1S/C17H16N2O2S2/c20-16(19-9-3-6-13(19)15-8-4-10-22-15)11-23-17-18-12-5-1-2-7-14(12)21-17/h1-2,4-5,7-8,10,13H,3,6,9,11H2/t13-/m1/s1. The molecule has 1 fully saturated rings. The summed E-state index contributed by atoms with van der Waals surface area (Å²) < 4.78 is 5.66. The number of fused-ring (bicyclic) bond motifs is 1. The van der Waals surface area contributed by atoms with Crippen molar-refractivity contribution in [2.24, 2.45) is 0 Å². The summed E-state index contributed by atoms with van der Waals surface area (Å²) in [5.41, 5.74) is 1.60. The van der Waals surface area contributed by atoms with E-state index in [9.17, 15) is 4.79 Å². The van der Waals surface area contributed by atoms with Crippen molar-refractivity contribution in [3.63, 3.8) is 0 Å². The van der Waals surface area contributed by atoms with Crippen LogP contribution < -0.4 is 0 Å². The lowest BCUT2D eigenvalue weighted by Gasteiger charge is -2.23. The SMILES string of the molecule is O=C(CSc1nc2ccccc2o1)N1CCC[C@@H]1c1cccs1. The largest absolute Gasteiger partial charge is 0.431 e. The first-order valence-corrected chi connectivity index (χ1v) is 9.49. The Bertz CT molecular complexity index is 780. The molecule has 3 heterocycles. The summed E-state index contributed by atoms with van der Waals surface area (Å²) in [6, 6.07) is 12.1. The highest BCUT2D eigenvalue weighted by atomic mass is 32.2. The number of carbonyl (C=O) groups is 1. The summed E-state index contributed by atoms with van der Waals surface area (Å²) in [4.78, 5) is 20.3. The third-order valence-corrected chi connectivity index (χ3v) is 5.82. The van der Waals surface area contributed by atoms with Gasteiger partial charge in [0.15, 0.2) is 5.58 Å². The molecule has 0 radical (unpaired) electrons. The molecule has 1 saturated heterocycles. The lowest BCUT2D eigenvalue weighted by atomic mass is 10.2. The van der Waals surface area contributed by atoms with E-state index in [0.29, 0.717) is 11.0 Å². The topological polar surface area (TPSA) is 46.3 Å². The summed E-state index contributed by atoms with van der Waals surface area (Å²) in [6.45, 7) is 0.843. The Balaban J connectivity index is 1.43. The molecular weight excluding hydrogens is 328 g/mol. The summed E-state index contributed by atoms with van der Waals surface area (Å²) in [7, 11) is 0. The minimum Gasteiger partial charge on any atom is -0.431 e. The van der Waals surface area contributed by atoms with Crippen LogP contribution in [0, 0.1) is 0 Å². The summed E-state index contributed by atoms with van der Waals surface area (Å²) in [5, 5.41) is 2.63. The fourth-order valence-corrected chi connectivity index (χ4v) is 4.56. The fraction of sp³-hybridized carbons (Fsp3) is 0.294. The number of amides is 1. The van der Waals surface area contributed by atoms with Crippen molar-refractivity contribution in [1.82, 2.24) is 9.88 Å². The lowest BCUT2D eigenvalue weighted by Crippen LogP contribution is -2.31. The molecule has 0 unspecified atom stereocenters. The van der Waals surface area contributed by atoms with Crippen LogP contribution in [0.2, 0.25) is 0 Å². The van der Waals surface area contributed by atoms with Crippen molar-refractivity contribution in [3.8, 4) is 0 Å². The number of nitrogens with zero attached hydrogens (tertiary/aromatic N) is 2. The lowest BCUT2D eigenvalue weighted by molar-refractivity contribution is -0.129. The molecule has 23 heavy (non-hydrogen) atoms. The van der Waals surface area contributed by atoms with E-state index in [1.807, 2.05) is 35.2 Å². The maximum atomic E-state index is 12.6. The molecule has 1 aliphatic rings. The summed E-state index contributed by atoms with van der Waals surface area (Å²) in [6.07, 6.45) is 2.13. The van der Waals surface area contributed by atoms with Gasteiger partial charge in [0.05, 0.1) is 11.8 Å². The smallest absolute Gasteiger partial charge is 0.257 e. The Morgan fingerprint density at radius 2 is 2.26 bits per heavy atom. The average Bonchev–Trinajstić information content (AvgIpc) is 3.31. The number of hydrogen-bond acceptors (Lipinski definition) is 5. The molecule has 118 valence electrons. The zero-order valence-electron chi connectivity index (χ0n) is 12.5. The number of carbonyl (C=O) groups excluding carboxylic acids is 1. The van der Waals surface area contributed by atoms with Crippen molar-refractivity contribution < 1.29 is 9.21 Å². The van der Waals surface area contributed by atoms with E-state index in [4.69, 9.17) is 4.42 Å². The number of benzene rings is 1. The van der Waals surface area contributed by atoms with Gasteiger partial charge in [0.25, 0.3) is 5.22 Å². The van der Waals surface area contributed by atoms with E-state index in [0.717, 1.165) is 30.5 Å². The molecular formula is C17H16N2O2S2. The molecule has 0 bridgehead atoms. The van der Waals surface area contributed by atoms with Crippen LogP contribution in [0.5, 0.6) is 0 Å². The first kappa shape index (κ1) is 14.8. The van der Waals surface area contributed by atoms with Gasteiger partial charge in [-0.1, -0.05) is 30.0 Å². The highest BCUT2D eigenvalue weighted by Crippen LogP contribution is 2.35. The van der Waals surface area contributed by atoms with E-state index < -0.39 is 0 Å². The zero-order chi connectivity index (χ0) is 15.6. The van der Waals surface area contributed by atoms with Gasteiger partial charge >= 0.3 is 0 Å². The zero-order valence-corrected chi connectivity index (χ0v) is 14.1. The van der Waals surface area contributed by atoms with Gasteiger partial charge in [0, 0.05) is 11.4 Å². The number of rotatable bonds is 4. The number of likely N-dealkylation sites (tertiary alicyclic amines) is 1. The molecule has 6 heteroatoms. The third-order valence-electron chi connectivity index (χ3n) is 4.04. The number of thioether (sulfide) groups is 1. The number of aromatic nitrogens is 1. The van der Waals surface area contributed by atoms with Gasteiger partial charge in [-0.25, -0.2) is 4.98 Å². The molecule has 2 aromatic heterocycles. The highest BCUT2D eigenvalue weighted by Gasteiger charge is 2.30. The van der Waals surface area contributed by atoms with Gasteiger partial charge in [-0.15, -0.1) is 11.3 Å². The van der Waals surface area contributed by atoms with Crippen molar-refractivity contribution in [2.75, 3.05) is 12.3 Å². The van der Waals surface area contributed by atoms with Crippen LogP contribution in [-0.2, 0) is 4.79 Å². The van der Waals surface area contributed by atoms with Gasteiger partial charge in [-0.3, -0.25) is 4.79 Å². The van der Waals surface area contributed by atoms with E-state index in [2.05, 4.69) is 16.4 Å². The minimum absolute atomic E-state index is 0.160. The van der Waals surface area contributed by atoms with Crippen LogP contribution in [0.25, 0.3) is 11.1 Å². The van der Waals surface area contributed by atoms with Crippen LogP contribution in [-0.4, -0.2) is 28.1 Å². The Morgan fingerprint density at radius 3 is 3.09 bits per heavy atom. The Kier molecular flexibility index (Phi) is 4.10. The molecule has 0 spiro atoms. The quantitative estimate of drug-likeness (QED) is 0.660. The monoisotopic (exact) mass is 344 g/mol. The van der Waals surface area contributed by atoms with Crippen LogP contribution in [0.1, 0.15) is 23.8 Å². The van der Waals surface area contributed by atoms with Crippen molar-refractivity contribution in [2.45, 2.75) is 24.1 Å². The van der Waals surface area contributed by atoms with E-state index in [-0.39, 0.29) is 11.9 Å². The van der Waals surface area contributed by atoms with Crippen LogP contribution >= 0.6 is 23.1 Å². The number of thiophene rings is 1. The van der Waals surface area contributed by atoms with E-state index >= 15 is 0 Å². The molecule has 0 saturated carbocycles. The van der Waals surface area contributed by atoms with Crippen molar-refractivity contribution in [1.29, 1.82) is 0 Å². The minimum atomic E-state index is 0.160.